The Morgan fingerprint density at radius 2 is 1.62 bits per heavy atom. The topological polar surface area (TPSA) is 45.0 Å². The third-order valence-corrected chi connectivity index (χ3v) is 0.680. The molecule has 0 saturated carbocycles. The summed E-state index contributed by atoms with van der Waals surface area (Å²) < 4.78 is 0. The first-order valence-corrected chi connectivity index (χ1v) is 2.34. The third-order valence-electron chi connectivity index (χ3n) is 0.680. The van der Waals surface area contributed by atoms with E-state index in [2.05, 4.69) is 23.4 Å². The second-order valence-corrected chi connectivity index (χ2v) is 1.47. The number of nitrogens with zero attached hydrogens (tertiary/aromatic N) is 2. The van der Waals surface area contributed by atoms with Gasteiger partial charge in [0.15, 0.2) is 0 Å². The van der Waals surface area contributed by atoms with Gasteiger partial charge in [0, 0.05) is 0 Å². The molecule has 0 heterocycles. The number of aliphatic hydroxyl groups excluding tert-OH is 1. The molecule has 0 saturated heterocycles. The number of aliphatic imine (C=N–C) groups is 2. The summed E-state index contributed by atoms with van der Waals surface area (Å²) in [5, 5.41) is 8.78. The summed E-state index contributed by atoms with van der Waals surface area (Å²) in [6.07, 6.45) is -0.495. The lowest BCUT2D eigenvalue weighted by atomic mass is 10.4. The fraction of sp³-hybridized carbons (Fsp3) is 0.600. The van der Waals surface area contributed by atoms with Crippen LogP contribution >= 0.6 is 0 Å². The van der Waals surface area contributed by atoms with Crippen LogP contribution in [0, 0.1) is 0 Å². The molecule has 0 spiro atoms. The van der Waals surface area contributed by atoms with E-state index in [0.29, 0.717) is 13.1 Å². The Morgan fingerprint density at radius 1 is 1.25 bits per heavy atom. The van der Waals surface area contributed by atoms with Crippen LogP contribution in [-0.4, -0.2) is 37.7 Å². The van der Waals surface area contributed by atoms with Crippen molar-refractivity contribution in [1.29, 1.82) is 0 Å². The smallest absolute Gasteiger partial charge is 0.0929 e. The average Bonchev–Trinajstić information content (AvgIpc) is 1.68. The van der Waals surface area contributed by atoms with Crippen LogP contribution in [0.1, 0.15) is 0 Å². The molecule has 0 fully saturated rings. The summed E-state index contributed by atoms with van der Waals surface area (Å²) in [5.74, 6) is 0. The standard InChI is InChI=1S/C5H10N2O/c1-6-3-5(8)4-7-2/h5,8H,1-4H2. The van der Waals surface area contributed by atoms with Gasteiger partial charge in [-0.05, 0) is 13.4 Å². The van der Waals surface area contributed by atoms with Crippen molar-refractivity contribution >= 4 is 13.4 Å². The molecule has 0 aromatic carbocycles. The number of hydrogen-bond acceptors (Lipinski definition) is 3. The zero-order valence-electron chi connectivity index (χ0n) is 4.75. The van der Waals surface area contributed by atoms with E-state index in [0.717, 1.165) is 0 Å². The van der Waals surface area contributed by atoms with Crippen LogP contribution in [0.15, 0.2) is 9.98 Å². The van der Waals surface area contributed by atoms with E-state index in [1.165, 1.54) is 0 Å². The van der Waals surface area contributed by atoms with Gasteiger partial charge in [-0.2, -0.15) is 0 Å². The third kappa shape index (κ3) is 3.49. The van der Waals surface area contributed by atoms with Gasteiger partial charge in [-0.25, -0.2) is 0 Å². The number of hydrogen-bond donors (Lipinski definition) is 1. The Labute approximate surface area is 48.8 Å². The number of aliphatic hydroxyl groups is 1. The van der Waals surface area contributed by atoms with E-state index in [1.807, 2.05) is 0 Å². The first-order chi connectivity index (χ1) is 3.81. The minimum atomic E-state index is -0.495. The SMILES string of the molecule is C=NCC(O)CN=C. The van der Waals surface area contributed by atoms with Crippen LogP contribution in [-0.2, 0) is 0 Å². The van der Waals surface area contributed by atoms with Gasteiger partial charge in [-0.1, -0.05) is 0 Å². The van der Waals surface area contributed by atoms with Crippen LogP contribution in [0.2, 0.25) is 0 Å². The van der Waals surface area contributed by atoms with Crippen molar-refractivity contribution in [3.8, 4) is 0 Å². The summed E-state index contributed by atoms with van der Waals surface area (Å²) in [5.41, 5.74) is 0. The summed E-state index contributed by atoms with van der Waals surface area (Å²) >= 11 is 0. The molecule has 0 aromatic rings. The molecule has 0 aliphatic carbocycles. The van der Waals surface area contributed by atoms with E-state index in [4.69, 9.17) is 5.11 Å². The van der Waals surface area contributed by atoms with E-state index in [9.17, 15) is 0 Å². The van der Waals surface area contributed by atoms with E-state index >= 15 is 0 Å². The maximum Gasteiger partial charge on any atom is 0.0929 e. The van der Waals surface area contributed by atoms with Gasteiger partial charge in [0.25, 0.3) is 0 Å². The Morgan fingerprint density at radius 3 is 1.88 bits per heavy atom. The molecule has 3 nitrogen and oxygen atoms in total. The molecule has 1 N–H and O–H groups in total. The van der Waals surface area contributed by atoms with Crippen LogP contribution in [0.3, 0.4) is 0 Å². The monoisotopic (exact) mass is 114 g/mol. The van der Waals surface area contributed by atoms with Gasteiger partial charge in [-0.15, -0.1) is 0 Å². The summed E-state index contributed by atoms with van der Waals surface area (Å²) in [7, 11) is 0. The highest BCUT2D eigenvalue weighted by Crippen LogP contribution is 1.82. The quantitative estimate of drug-likeness (QED) is 0.503. The van der Waals surface area contributed by atoms with Crippen LogP contribution in [0.25, 0.3) is 0 Å². The van der Waals surface area contributed by atoms with Crippen molar-refractivity contribution in [2.45, 2.75) is 6.10 Å². The highest BCUT2D eigenvalue weighted by molar-refractivity contribution is 5.24. The average molecular weight is 114 g/mol. The largest absolute Gasteiger partial charge is 0.389 e. The molecule has 0 aliphatic rings. The van der Waals surface area contributed by atoms with Gasteiger partial charge >= 0.3 is 0 Å². The Bertz CT molecular complexity index is 72.5. The first kappa shape index (κ1) is 7.30. The molecule has 0 rings (SSSR count). The van der Waals surface area contributed by atoms with E-state index < -0.39 is 6.10 Å². The van der Waals surface area contributed by atoms with Gasteiger partial charge in [0.1, 0.15) is 0 Å². The van der Waals surface area contributed by atoms with Crippen LogP contribution in [0.4, 0.5) is 0 Å². The normalized spacial score (nSPS) is 9.25. The van der Waals surface area contributed by atoms with Crippen LogP contribution in [0.5, 0.6) is 0 Å². The molecule has 0 aromatic heterocycles. The summed E-state index contributed by atoms with van der Waals surface area (Å²) in [6.45, 7) is 7.11. The van der Waals surface area contributed by atoms with E-state index in [1.54, 1.807) is 0 Å². The molecule has 0 radical (unpaired) electrons. The molecule has 46 valence electrons. The molecule has 0 atom stereocenters. The Kier molecular flexibility index (Phi) is 4.07. The lowest BCUT2D eigenvalue weighted by Gasteiger charge is -1.99. The molecule has 0 amide bonds. The van der Waals surface area contributed by atoms with Gasteiger partial charge in [0.2, 0.25) is 0 Å². The summed E-state index contributed by atoms with van der Waals surface area (Å²) in [6, 6.07) is 0. The molecule has 0 unspecified atom stereocenters. The van der Waals surface area contributed by atoms with Crippen molar-refractivity contribution < 1.29 is 5.11 Å². The first-order valence-electron chi connectivity index (χ1n) is 2.34. The van der Waals surface area contributed by atoms with Crippen molar-refractivity contribution in [3.05, 3.63) is 0 Å². The van der Waals surface area contributed by atoms with Crippen LogP contribution < -0.4 is 0 Å². The van der Waals surface area contributed by atoms with Gasteiger partial charge in [-0.3, -0.25) is 9.98 Å². The van der Waals surface area contributed by atoms with Crippen molar-refractivity contribution in [3.63, 3.8) is 0 Å². The number of rotatable bonds is 4. The van der Waals surface area contributed by atoms with Gasteiger partial charge in [0.05, 0.1) is 19.2 Å². The van der Waals surface area contributed by atoms with Crippen molar-refractivity contribution in [2.24, 2.45) is 9.98 Å². The minimum absolute atomic E-state index is 0.346. The zero-order valence-corrected chi connectivity index (χ0v) is 4.75. The maximum absolute atomic E-state index is 8.78. The summed E-state index contributed by atoms with van der Waals surface area (Å²) in [4.78, 5) is 6.93. The molecular weight excluding hydrogens is 104 g/mol. The lowest BCUT2D eigenvalue weighted by molar-refractivity contribution is 0.193. The Balaban J connectivity index is 3.16. The predicted octanol–water partition coefficient (Wildman–Crippen LogP) is -0.252. The molecule has 8 heavy (non-hydrogen) atoms. The van der Waals surface area contributed by atoms with Crippen molar-refractivity contribution in [1.82, 2.24) is 0 Å². The fourth-order valence-electron chi connectivity index (χ4n) is 0.356. The van der Waals surface area contributed by atoms with Gasteiger partial charge < -0.3 is 5.11 Å². The maximum atomic E-state index is 8.78. The lowest BCUT2D eigenvalue weighted by Crippen LogP contribution is -2.13. The second kappa shape index (κ2) is 4.46. The zero-order chi connectivity index (χ0) is 6.41. The molecule has 3 heteroatoms. The fourth-order valence-corrected chi connectivity index (χ4v) is 0.356. The Hall–Kier alpha value is -0.700. The highest BCUT2D eigenvalue weighted by atomic mass is 16.3. The molecule has 0 aliphatic heterocycles. The van der Waals surface area contributed by atoms with Crippen molar-refractivity contribution in [2.75, 3.05) is 13.1 Å². The second-order valence-electron chi connectivity index (χ2n) is 1.47. The molecular formula is C5H10N2O. The minimum Gasteiger partial charge on any atom is -0.389 e. The highest BCUT2D eigenvalue weighted by Gasteiger charge is 1.96. The van der Waals surface area contributed by atoms with E-state index in [-0.39, 0.29) is 0 Å². The molecule has 0 bridgehead atoms. The predicted molar refractivity (Wildman–Crippen MR) is 34.8 cm³/mol.